The van der Waals surface area contributed by atoms with Crippen molar-refractivity contribution in [1.29, 1.82) is 0 Å². The van der Waals surface area contributed by atoms with E-state index in [-0.39, 0.29) is 24.4 Å². The SMILES string of the molecule is CCN(CC)c1ccc(CN(Cc2ccco2)C(=O)c2cccc(F)c2)c(OS(C)(=O)=O)c1. The van der Waals surface area contributed by atoms with Crippen molar-refractivity contribution in [3.05, 3.63) is 83.6 Å². The number of furan rings is 1. The molecule has 0 aliphatic heterocycles. The Morgan fingerprint density at radius 1 is 1.03 bits per heavy atom. The van der Waals surface area contributed by atoms with Gasteiger partial charge in [-0.3, -0.25) is 4.79 Å². The van der Waals surface area contributed by atoms with Crippen LogP contribution in [0.4, 0.5) is 10.1 Å². The Balaban J connectivity index is 2.00. The minimum atomic E-state index is -3.81. The Morgan fingerprint density at radius 2 is 1.79 bits per heavy atom. The fourth-order valence-corrected chi connectivity index (χ4v) is 3.98. The average Bonchev–Trinajstić information content (AvgIpc) is 3.27. The second kappa shape index (κ2) is 10.5. The van der Waals surface area contributed by atoms with Crippen molar-refractivity contribution in [2.24, 2.45) is 0 Å². The molecule has 33 heavy (non-hydrogen) atoms. The van der Waals surface area contributed by atoms with Crippen LogP contribution in [0.25, 0.3) is 0 Å². The predicted molar refractivity (Wildman–Crippen MR) is 124 cm³/mol. The number of benzene rings is 2. The van der Waals surface area contributed by atoms with E-state index in [1.807, 2.05) is 19.9 Å². The highest BCUT2D eigenvalue weighted by Gasteiger charge is 2.22. The van der Waals surface area contributed by atoms with E-state index in [9.17, 15) is 17.6 Å². The third kappa shape index (κ3) is 6.58. The van der Waals surface area contributed by atoms with Crippen molar-refractivity contribution in [2.45, 2.75) is 26.9 Å². The van der Waals surface area contributed by atoms with Crippen LogP contribution in [0.5, 0.6) is 5.75 Å². The van der Waals surface area contributed by atoms with E-state index >= 15 is 0 Å². The number of amides is 1. The monoisotopic (exact) mass is 474 g/mol. The summed E-state index contributed by atoms with van der Waals surface area (Å²) in [5, 5.41) is 0. The van der Waals surface area contributed by atoms with Crippen LogP contribution in [-0.2, 0) is 23.2 Å². The van der Waals surface area contributed by atoms with Gasteiger partial charge in [-0.15, -0.1) is 0 Å². The molecule has 0 saturated carbocycles. The van der Waals surface area contributed by atoms with Gasteiger partial charge in [0.05, 0.1) is 25.6 Å². The molecule has 0 N–H and O–H groups in total. The Labute approximate surface area is 193 Å². The van der Waals surface area contributed by atoms with Crippen molar-refractivity contribution < 1.29 is 26.2 Å². The molecule has 1 heterocycles. The number of hydrogen-bond acceptors (Lipinski definition) is 6. The van der Waals surface area contributed by atoms with E-state index in [2.05, 4.69) is 4.90 Å². The number of carbonyl (C=O) groups excluding carboxylic acids is 1. The van der Waals surface area contributed by atoms with E-state index in [1.165, 1.54) is 29.4 Å². The summed E-state index contributed by atoms with van der Waals surface area (Å²) < 4.78 is 48.3. The number of nitrogens with zero attached hydrogens (tertiary/aromatic N) is 2. The Kier molecular flexibility index (Phi) is 7.75. The van der Waals surface area contributed by atoms with Crippen LogP contribution in [0.1, 0.15) is 35.5 Å². The first-order chi connectivity index (χ1) is 15.7. The van der Waals surface area contributed by atoms with Crippen LogP contribution in [0, 0.1) is 5.82 Å². The summed E-state index contributed by atoms with van der Waals surface area (Å²) in [6.07, 6.45) is 2.47. The summed E-state index contributed by atoms with van der Waals surface area (Å²) in [4.78, 5) is 16.7. The van der Waals surface area contributed by atoms with Gasteiger partial charge in [-0.2, -0.15) is 8.42 Å². The topological polar surface area (TPSA) is 80.1 Å². The number of carbonyl (C=O) groups is 1. The Hall–Kier alpha value is -3.33. The highest BCUT2D eigenvalue weighted by atomic mass is 32.2. The van der Waals surface area contributed by atoms with Crippen LogP contribution in [0.15, 0.2) is 65.3 Å². The van der Waals surface area contributed by atoms with Gasteiger partial charge in [-0.05, 0) is 50.2 Å². The molecule has 0 radical (unpaired) electrons. The molecule has 176 valence electrons. The third-order valence-electron chi connectivity index (χ3n) is 5.07. The van der Waals surface area contributed by atoms with Crippen molar-refractivity contribution in [2.75, 3.05) is 24.2 Å². The molecule has 9 heteroatoms. The van der Waals surface area contributed by atoms with Gasteiger partial charge >= 0.3 is 10.1 Å². The second-order valence-corrected chi connectivity index (χ2v) is 9.08. The molecule has 3 rings (SSSR count). The molecule has 0 saturated heterocycles. The van der Waals surface area contributed by atoms with Crippen LogP contribution >= 0.6 is 0 Å². The Morgan fingerprint density at radius 3 is 2.39 bits per heavy atom. The standard InChI is InChI=1S/C24H27FN2O5S/c1-4-26(5-2)21-12-11-19(23(15-21)32-33(3,29)30)16-27(17-22-10-7-13-31-22)24(28)18-8-6-9-20(25)14-18/h6-15H,4-5,16-17H2,1-3H3. The van der Waals surface area contributed by atoms with Gasteiger partial charge in [0, 0.05) is 36.0 Å². The average molecular weight is 475 g/mol. The maximum absolute atomic E-state index is 13.8. The molecule has 0 unspecified atom stereocenters. The molecule has 2 aromatic carbocycles. The van der Waals surface area contributed by atoms with E-state index in [4.69, 9.17) is 8.60 Å². The predicted octanol–water partition coefficient (Wildman–Crippen LogP) is 4.45. The summed E-state index contributed by atoms with van der Waals surface area (Å²) in [6, 6.07) is 14.1. The van der Waals surface area contributed by atoms with Crippen molar-refractivity contribution >= 4 is 21.7 Å². The van der Waals surface area contributed by atoms with Crippen LogP contribution < -0.4 is 9.08 Å². The quantitative estimate of drug-likeness (QED) is 0.404. The highest BCUT2D eigenvalue weighted by Crippen LogP contribution is 2.29. The summed E-state index contributed by atoms with van der Waals surface area (Å²) in [6.45, 7) is 5.60. The van der Waals surface area contributed by atoms with E-state index in [1.54, 1.807) is 24.3 Å². The van der Waals surface area contributed by atoms with Gasteiger partial charge < -0.3 is 18.4 Å². The van der Waals surface area contributed by atoms with Crippen molar-refractivity contribution in [3.63, 3.8) is 0 Å². The van der Waals surface area contributed by atoms with Gasteiger partial charge in [-0.25, -0.2) is 4.39 Å². The molecular formula is C24H27FN2O5S. The fraction of sp³-hybridized carbons (Fsp3) is 0.292. The fourth-order valence-electron chi connectivity index (χ4n) is 3.50. The minimum Gasteiger partial charge on any atom is -0.467 e. The summed E-state index contributed by atoms with van der Waals surface area (Å²) in [5.41, 5.74) is 1.47. The molecule has 0 atom stereocenters. The lowest BCUT2D eigenvalue weighted by atomic mass is 10.1. The first-order valence-electron chi connectivity index (χ1n) is 10.5. The van der Waals surface area contributed by atoms with Gasteiger partial charge in [0.15, 0.2) is 0 Å². The lowest BCUT2D eigenvalue weighted by Crippen LogP contribution is -2.30. The van der Waals surface area contributed by atoms with Gasteiger partial charge in [0.25, 0.3) is 5.91 Å². The largest absolute Gasteiger partial charge is 0.467 e. The van der Waals surface area contributed by atoms with Gasteiger partial charge in [-0.1, -0.05) is 12.1 Å². The van der Waals surface area contributed by atoms with E-state index < -0.39 is 21.8 Å². The Bertz CT molecular complexity index is 1190. The molecule has 0 bridgehead atoms. The molecule has 1 amide bonds. The third-order valence-corrected chi connectivity index (χ3v) is 5.55. The number of rotatable bonds is 10. The second-order valence-electron chi connectivity index (χ2n) is 7.50. The molecule has 0 aliphatic carbocycles. The lowest BCUT2D eigenvalue weighted by molar-refractivity contribution is 0.0716. The van der Waals surface area contributed by atoms with Gasteiger partial charge in [0.2, 0.25) is 0 Å². The lowest BCUT2D eigenvalue weighted by Gasteiger charge is -2.25. The number of halogens is 1. The van der Waals surface area contributed by atoms with Crippen LogP contribution in [0.2, 0.25) is 0 Å². The number of anilines is 1. The normalized spacial score (nSPS) is 11.3. The first-order valence-corrected chi connectivity index (χ1v) is 12.4. The summed E-state index contributed by atoms with van der Waals surface area (Å²) in [5.74, 6) is -0.281. The number of hydrogen-bond donors (Lipinski definition) is 0. The molecular weight excluding hydrogens is 447 g/mol. The summed E-state index contributed by atoms with van der Waals surface area (Å²) >= 11 is 0. The molecule has 1 aromatic heterocycles. The maximum atomic E-state index is 13.8. The minimum absolute atomic E-state index is 0.0272. The smallest absolute Gasteiger partial charge is 0.306 e. The van der Waals surface area contributed by atoms with Crippen molar-refractivity contribution in [3.8, 4) is 5.75 Å². The molecule has 0 spiro atoms. The van der Waals surface area contributed by atoms with Crippen LogP contribution in [-0.4, -0.2) is 38.6 Å². The van der Waals surface area contributed by atoms with E-state index in [0.717, 1.165) is 31.1 Å². The molecule has 0 aliphatic rings. The zero-order chi connectivity index (χ0) is 24.0. The van der Waals surface area contributed by atoms with Crippen molar-refractivity contribution in [1.82, 2.24) is 4.90 Å². The first kappa shape index (κ1) is 24.3. The van der Waals surface area contributed by atoms with Crippen LogP contribution in [0.3, 0.4) is 0 Å². The van der Waals surface area contributed by atoms with Gasteiger partial charge in [0.1, 0.15) is 17.3 Å². The summed E-state index contributed by atoms with van der Waals surface area (Å²) in [7, 11) is -3.81. The molecule has 3 aromatic rings. The highest BCUT2D eigenvalue weighted by molar-refractivity contribution is 7.86. The van der Waals surface area contributed by atoms with E-state index in [0.29, 0.717) is 11.3 Å². The zero-order valence-corrected chi connectivity index (χ0v) is 19.6. The zero-order valence-electron chi connectivity index (χ0n) is 18.8. The molecule has 7 nitrogen and oxygen atoms in total. The molecule has 0 fully saturated rings. The maximum Gasteiger partial charge on any atom is 0.306 e.